The molecule has 3 heteroatoms. The number of benzene rings is 1. The maximum Gasteiger partial charge on any atom is 0.234 e. The summed E-state index contributed by atoms with van der Waals surface area (Å²) in [5.74, 6) is 0.622. The zero-order chi connectivity index (χ0) is 14.8. The molecule has 3 nitrogen and oxygen atoms in total. The van der Waals surface area contributed by atoms with Gasteiger partial charge < -0.3 is 10.6 Å². The smallest absolute Gasteiger partial charge is 0.234 e. The number of carbonyl (C=O) groups excluding carboxylic acids is 1. The van der Waals surface area contributed by atoms with Crippen LogP contribution in [0.2, 0.25) is 0 Å². The van der Waals surface area contributed by atoms with Crippen LogP contribution in [-0.4, -0.2) is 25.0 Å². The lowest BCUT2D eigenvalue weighted by Crippen LogP contribution is -2.40. The zero-order valence-corrected chi connectivity index (χ0v) is 13.0. The van der Waals surface area contributed by atoms with Crippen molar-refractivity contribution in [3.05, 3.63) is 35.9 Å². The van der Waals surface area contributed by atoms with Crippen molar-refractivity contribution in [3.63, 3.8) is 0 Å². The second-order valence-corrected chi connectivity index (χ2v) is 5.36. The van der Waals surface area contributed by atoms with E-state index in [1.807, 2.05) is 6.07 Å². The summed E-state index contributed by atoms with van der Waals surface area (Å²) in [6, 6.07) is 10.8. The molecule has 20 heavy (non-hydrogen) atoms. The quantitative estimate of drug-likeness (QED) is 0.681. The molecule has 112 valence electrons. The summed E-state index contributed by atoms with van der Waals surface area (Å²) < 4.78 is 0. The molecular formula is C17H28N2O. The van der Waals surface area contributed by atoms with Crippen LogP contribution in [0.5, 0.6) is 0 Å². The first-order valence-electron chi connectivity index (χ1n) is 7.72. The summed E-state index contributed by atoms with van der Waals surface area (Å²) in [7, 11) is 0. The van der Waals surface area contributed by atoms with Gasteiger partial charge in [0.25, 0.3) is 0 Å². The van der Waals surface area contributed by atoms with Gasteiger partial charge in [0, 0.05) is 6.04 Å². The Bertz CT molecular complexity index is 374. The monoisotopic (exact) mass is 276 g/mol. The highest BCUT2D eigenvalue weighted by Crippen LogP contribution is 2.17. The topological polar surface area (TPSA) is 41.1 Å². The molecule has 1 rings (SSSR count). The normalized spacial score (nSPS) is 12.4. The Kier molecular flexibility index (Phi) is 7.97. The van der Waals surface area contributed by atoms with E-state index in [2.05, 4.69) is 55.7 Å². The van der Waals surface area contributed by atoms with Crippen molar-refractivity contribution >= 4 is 5.91 Å². The van der Waals surface area contributed by atoms with Crippen LogP contribution in [0.25, 0.3) is 0 Å². The molecule has 1 atom stereocenters. The van der Waals surface area contributed by atoms with Crippen LogP contribution in [0.3, 0.4) is 0 Å². The van der Waals surface area contributed by atoms with Gasteiger partial charge in [-0.3, -0.25) is 4.79 Å². The Morgan fingerprint density at radius 2 is 1.80 bits per heavy atom. The van der Waals surface area contributed by atoms with Gasteiger partial charge in [0.2, 0.25) is 5.91 Å². The van der Waals surface area contributed by atoms with Gasteiger partial charge in [-0.15, -0.1) is 0 Å². The van der Waals surface area contributed by atoms with Gasteiger partial charge in [0.05, 0.1) is 6.54 Å². The molecule has 0 saturated heterocycles. The minimum absolute atomic E-state index is 0.103. The molecule has 0 aromatic heterocycles. The second-order valence-electron chi connectivity index (χ2n) is 5.36. The van der Waals surface area contributed by atoms with E-state index in [0.29, 0.717) is 18.5 Å². The first-order valence-corrected chi connectivity index (χ1v) is 7.72. The van der Waals surface area contributed by atoms with Crippen molar-refractivity contribution < 1.29 is 4.79 Å². The van der Waals surface area contributed by atoms with Crippen molar-refractivity contribution in [1.82, 2.24) is 10.6 Å². The summed E-state index contributed by atoms with van der Waals surface area (Å²) in [4.78, 5) is 11.7. The molecular weight excluding hydrogens is 248 g/mol. The summed E-state index contributed by atoms with van der Waals surface area (Å²) in [6.07, 6.45) is 3.03. The van der Waals surface area contributed by atoms with E-state index in [-0.39, 0.29) is 5.91 Å². The third kappa shape index (κ3) is 6.20. The maximum atomic E-state index is 11.7. The van der Waals surface area contributed by atoms with E-state index in [4.69, 9.17) is 0 Å². The van der Waals surface area contributed by atoms with Crippen LogP contribution < -0.4 is 10.6 Å². The molecule has 0 radical (unpaired) electrons. The molecule has 0 aliphatic heterocycles. The van der Waals surface area contributed by atoms with E-state index < -0.39 is 0 Å². The third-order valence-electron chi connectivity index (χ3n) is 3.76. The van der Waals surface area contributed by atoms with Crippen molar-refractivity contribution in [1.29, 1.82) is 0 Å². The molecule has 1 aromatic carbocycles. The Hall–Kier alpha value is -1.35. The molecule has 0 aliphatic rings. The highest BCUT2D eigenvalue weighted by Gasteiger charge is 2.08. The lowest BCUT2D eigenvalue weighted by Gasteiger charge is -2.16. The molecule has 1 aromatic rings. The summed E-state index contributed by atoms with van der Waals surface area (Å²) in [5.41, 5.74) is 1.36. The number of amides is 1. The largest absolute Gasteiger partial charge is 0.352 e. The van der Waals surface area contributed by atoms with Gasteiger partial charge in [-0.05, 0) is 37.3 Å². The highest BCUT2D eigenvalue weighted by atomic mass is 16.1. The fourth-order valence-corrected chi connectivity index (χ4v) is 2.24. The van der Waals surface area contributed by atoms with Crippen LogP contribution in [0.15, 0.2) is 30.3 Å². The van der Waals surface area contributed by atoms with E-state index in [1.165, 1.54) is 5.56 Å². The lowest BCUT2D eigenvalue weighted by molar-refractivity contribution is -0.121. The predicted octanol–water partition coefficient (Wildman–Crippen LogP) is 3.07. The number of nitrogens with one attached hydrogen (secondary N) is 2. The molecule has 0 heterocycles. The van der Waals surface area contributed by atoms with Crippen LogP contribution in [0.1, 0.15) is 51.5 Å². The number of carbonyl (C=O) groups is 1. The van der Waals surface area contributed by atoms with Crippen LogP contribution in [0, 0.1) is 0 Å². The van der Waals surface area contributed by atoms with Gasteiger partial charge in [0.1, 0.15) is 0 Å². The first kappa shape index (κ1) is 16.7. The molecule has 0 aliphatic carbocycles. The number of hydrogen-bond acceptors (Lipinski definition) is 2. The van der Waals surface area contributed by atoms with Crippen molar-refractivity contribution in [3.8, 4) is 0 Å². The predicted molar refractivity (Wildman–Crippen MR) is 84.9 cm³/mol. The van der Waals surface area contributed by atoms with Crippen molar-refractivity contribution in [2.24, 2.45) is 0 Å². The van der Waals surface area contributed by atoms with Crippen molar-refractivity contribution in [2.45, 2.75) is 52.0 Å². The van der Waals surface area contributed by atoms with Crippen LogP contribution >= 0.6 is 0 Å². The average Bonchev–Trinajstić information content (AvgIpc) is 2.49. The molecule has 0 bridgehead atoms. The number of rotatable bonds is 9. The maximum absolute atomic E-state index is 11.7. The average molecular weight is 276 g/mol. The molecule has 0 fully saturated rings. The first-order chi connectivity index (χ1) is 9.67. The summed E-state index contributed by atoms with van der Waals surface area (Å²) in [5, 5.41) is 6.26. The van der Waals surface area contributed by atoms with E-state index >= 15 is 0 Å². The highest BCUT2D eigenvalue weighted by molar-refractivity contribution is 5.78. The Morgan fingerprint density at radius 1 is 1.15 bits per heavy atom. The molecule has 1 amide bonds. The van der Waals surface area contributed by atoms with Crippen LogP contribution in [-0.2, 0) is 4.79 Å². The minimum Gasteiger partial charge on any atom is -0.352 e. The van der Waals surface area contributed by atoms with Crippen molar-refractivity contribution in [2.75, 3.05) is 13.1 Å². The fraction of sp³-hybridized carbons (Fsp3) is 0.588. The molecule has 0 spiro atoms. The minimum atomic E-state index is 0.103. The van der Waals surface area contributed by atoms with Gasteiger partial charge in [-0.1, -0.05) is 51.1 Å². The SMILES string of the molecule is CCC(CC)NC(=O)CNCCC(C)c1ccccc1. The Balaban J connectivity index is 2.17. The Morgan fingerprint density at radius 3 is 2.40 bits per heavy atom. The summed E-state index contributed by atoms with van der Waals surface area (Å²) in [6.45, 7) is 7.71. The summed E-state index contributed by atoms with van der Waals surface area (Å²) >= 11 is 0. The van der Waals surface area contributed by atoms with E-state index in [1.54, 1.807) is 0 Å². The Labute approximate surface area is 123 Å². The second kappa shape index (κ2) is 9.54. The molecule has 0 saturated carbocycles. The van der Waals surface area contributed by atoms with E-state index in [9.17, 15) is 4.79 Å². The third-order valence-corrected chi connectivity index (χ3v) is 3.76. The van der Waals surface area contributed by atoms with Gasteiger partial charge >= 0.3 is 0 Å². The zero-order valence-electron chi connectivity index (χ0n) is 13.0. The molecule has 1 unspecified atom stereocenters. The van der Waals surface area contributed by atoms with Gasteiger partial charge in [-0.2, -0.15) is 0 Å². The van der Waals surface area contributed by atoms with Gasteiger partial charge in [-0.25, -0.2) is 0 Å². The molecule has 2 N–H and O–H groups in total. The standard InChI is InChI=1S/C17H28N2O/c1-4-16(5-2)19-17(20)13-18-12-11-14(3)15-9-7-6-8-10-15/h6-10,14,16,18H,4-5,11-13H2,1-3H3,(H,19,20). The fourth-order valence-electron chi connectivity index (χ4n) is 2.24. The lowest BCUT2D eigenvalue weighted by atomic mass is 9.98. The number of hydrogen-bond donors (Lipinski definition) is 2. The van der Waals surface area contributed by atoms with Crippen LogP contribution in [0.4, 0.5) is 0 Å². The van der Waals surface area contributed by atoms with Gasteiger partial charge in [0.15, 0.2) is 0 Å². The van der Waals surface area contributed by atoms with E-state index in [0.717, 1.165) is 25.8 Å².